The van der Waals surface area contributed by atoms with E-state index in [9.17, 15) is 0 Å². The summed E-state index contributed by atoms with van der Waals surface area (Å²) < 4.78 is 10.5. The highest BCUT2D eigenvalue weighted by Crippen LogP contribution is 2.23. The summed E-state index contributed by atoms with van der Waals surface area (Å²) in [6.45, 7) is -0.00540. The molecule has 0 atom stereocenters. The number of hydrogen-bond donors (Lipinski definition) is 2. The van der Waals surface area contributed by atoms with Gasteiger partial charge in [-0.05, 0) is 17.7 Å². The van der Waals surface area contributed by atoms with Crippen molar-refractivity contribution in [3.8, 4) is 17.5 Å². The van der Waals surface area contributed by atoms with Crippen LogP contribution in [0, 0.1) is 0 Å². The zero-order valence-electron chi connectivity index (χ0n) is 9.83. The second-order valence-electron chi connectivity index (χ2n) is 3.51. The van der Waals surface area contributed by atoms with Crippen molar-refractivity contribution in [2.45, 2.75) is 6.61 Å². The molecule has 6 heteroatoms. The number of hydrogen-bond acceptors (Lipinski definition) is 6. The molecule has 1 aromatic heterocycles. The third-order valence-corrected chi connectivity index (χ3v) is 2.23. The topological polar surface area (TPSA) is 90.5 Å². The molecule has 0 saturated carbocycles. The molecule has 2 rings (SSSR count). The van der Waals surface area contributed by atoms with Gasteiger partial charge in [-0.3, -0.25) is 0 Å². The minimum absolute atomic E-state index is 0.00540. The van der Waals surface area contributed by atoms with E-state index in [4.69, 9.17) is 20.3 Å². The molecule has 0 aliphatic carbocycles. The molecule has 0 bridgehead atoms. The highest BCUT2D eigenvalue weighted by molar-refractivity contribution is 5.34. The summed E-state index contributed by atoms with van der Waals surface area (Å²) in [6, 6.07) is 8.52. The van der Waals surface area contributed by atoms with Crippen molar-refractivity contribution in [1.29, 1.82) is 0 Å². The third-order valence-electron chi connectivity index (χ3n) is 2.23. The number of ether oxygens (including phenoxy) is 2. The molecule has 18 heavy (non-hydrogen) atoms. The first kappa shape index (κ1) is 12.1. The van der Waals surface area contributed by atoms with Gasteiger partial charge in [0.15, 0.2) is 0 Å². The van der Waals surface area contributed by atoms with Crippen LogP contribution in [-0.4, -0.2) is 22.2 Å². The summed E-state index contributed by atoms with van der Waals surface area (Å²) in [5, 5.41) is 8.93. The first-order valence-corrected chi connectivity index (χ1v) is 5.27. The Balaban J connectivity index is 2.19. The number of benzene rings is 1. The maximum atomic E-state index is 8.93. The monoisotopic (exact) mass is 247 g/mol. The van der Waals surface area contributed by atoms with Gasteiger partial charge in [-0.1, -0.05) is 12.1 Å². The van der Waals surface area contributed by atoms with Gasteiger partial charge in [0, 0.05) is 0 Å². The molecule has 1 aromatic carbocycles. The Morgan fingerprint density at radius 2 is 1.83 bits per heavy atom. The van der Waals surface area contributed by atoms with Crippen molar-refractivity contribution in [3.63, 3.8) is 0 Å². The smallest absolute Gasteiger partial charge is 0.227 e. The van der Waals surface area contributed by atoms with Gasteiger partial charge in [0.2, 0.25) is 17.7 Å². The van der Waals surface area contributed by atoms with Gasteiger partial charge in [0.05, 0.1) is 19.8 Å². The number of rotatable bonds is 4. The molecular weight excluding hydrogens is 234 g/mol. The number of methoxy groups -OCH3 is 1. The average molecular weight is 247 g/mol. The molecule has 0 unspecified atom stereocenters. The van der Waals surface area contributed by atoms with Crippen LogP contribution in [0.5, 0.6) is 17.5 Å². The predicted molar refractivity (Wildman–Crippen MR) is 65.4 cm³/mol. The zero-order chi connectivity index (χ0) is 13.0. The Kier molecular flexibility index (Phi) is 3.59. The Bertz CT molecular complexity index is 529. The average Bonchev–Trinajstić information content (AvgIpc) is 2.39. The van der Waals surface area contributed by atoms with Gasteiger partial charge in [0.25, 0.3) is 0 Å². The van der Waals surface area contributed by atoms with Crippen molar-refractivity contribution in [2.24, 2.45) is 0 Å². The van der Waals surface area contributed by atoms with Gasteiger partial charge in [-0.2, -0.15) is 9.97 Å². The summed E-state index contributed by atoms with van der Waals surface area (Å²) in [7, 11) is 1.49. The van der Waals surface area contributed by atoms with Crippen LogP contribution in [-0.2, 0) is 6.61 Å². The largest absolute Gasteiger partial charge is 0.481 e. The van der Waals surface area contributed by atoms with Crippen LogP contribution in [0.2, 0.25) is 0 Å². The number of aromatic nitrogens is 2. The fraction of sp³-hybridized carbons (Fsp3) is 0.167. The summed E-state index contributed by atoms with van der Waals surface area (Å²) in [5.74, 6) is 1.31. The summed E-state index contributed by atoms with van der Waals surface area (Å²) >= 11 is 0. The lowest BCUT2D eigenvalue weighted by Crippen LogP contribution is -1.99. The maximum Gasteiger partial charge on any atom is 0.227 e. The Morgan fingerprint density at radius 1 is 1.17 bits per heavy atom. The molecule has 94 valence electrons. The lowest BCUT2D eigenvalue weighted by molar-refractivity contribution is 0.281. The molecule has 0 spiro atoms. The van der Waals surface area contributed by atoms with Crippen molar-refractivity contribution >= 4 is 5.95 Å². The summed E-state index contributed by atoms with van der Waals surface area (Å²) in [6.07, 6.45) is 0. The number of nitrogens with zero attached hydrogens (tertiary/aromatic N) is 2. The maximum absolute atomic E-state index is 8.93. The lowest BCUT2D eigenvalue weighted by Gasteiger charge is -2.07. The lowest BCUT2D eigenvalue weighted by atomic mass is 10.2. The van der Waals surface area contributed by atoms with Crippen molar-refractivity contribution in [1.82, 2.24) is 9.97 Å². The highest BCUT2D eigenvalue weighted by atomic mass is 16.5. The predicted octanol–water partition coefficient (Wildman–Crippen LogP) is 1.35. The molecule has 0 saturated heterocycles. The van der Waals surface area contributed by atoms with Crippen LogP contribution in [0.4, 0.5) is 5.95 Å². The second-order valence-corrected chi connectivity index (χ2v) is 3.51. The van der Waals surface area contributed by atoms with Crippen molar-refractivity contribution in [3.05, 3.63) is 35.9 Å². The van der Waals surface area contributed by atoms with Crippen LogP contribution in [0.15, 0.2) is 30.3 Å². The summed E-state index contributed by atoms with van der Waals surface area (Å²) in [5.41, 5.74) is 6.33. The van der Waals surface area contributed by atoms with Crippen LogP contribution < -0.4 is 15.2 Å². The van der Waals surface area contributed by atoms with E-state index < -0.39 is 0 Å². The SMILES string of the molecule is COc1cc(Oc2ccc(CO)cc2)nc(N)n1. The number of anilines is 1. The molecule has 2 aromatic rings. The molecule has 0 aliphatic heterocycles. The first-order valence-electron chi connectivity index (χ1n) is 5.27. The summed E-state index contributed by atoms with van der Waals surface area (Å²) in [4.78, 5) is 7.79. The Morgan fingerprint density at radius 3 is 2.44 bits per heavy atom. The fourth-order valence-electron chi connectivity index (χ4n) is 1.36. The van der Waals surface area contributed by atoms with Gasteiger partial charge >= 0.3 is 0 Å². The molecule has 0 amide bonds. The quantitative estimate of drug-likeness (QED) is 0.847. The minimum atomic E-state index is -0.00540. The van der Waals surface area contributed by atoms with Gasteiger partial charge in [-0.25, -0.2) is 0 Å². The highest BCUT2D eigenvalue weighted by Gasteiger charge is 2.04. The molecule has 0 fully saturated rings. The van der Waals surface area contributed by atoms with E-state index in [1.807, 2.05) is 0 Å². The van der Waals surface area contributed by atoms with Gasteiger partial charge < -0.3 is 20.3 Å². The number of aliphatic hydroxyl groups excluding tert-OH is 1. The number of nitrogen functional groups attached to an aromatic ring is 1. The van der Waals surface area contributed by atoms with E-state index in [1.54, 1.807) is 24.3 Å². The molecule has 1 heterocycles. The van der Waals surface area contributed by atoms with Crippen LogP contribution in [0.3, 0.4) is 0 Å². The number of aliphatic hydroxyl groups is 1. The van der Waals surface area contributed by atoms with E-state index >= 15 is 0 Å². The molecule has 3 N–H and O–H groups in total. The van der Waals surface area contributed by atoms with Crippen molar-refractivity contribution in [2.75, 3.05) is 12.8 Å². The van der Waals surface area contributed by atoms with E-state index in [2.05, 4.69) is 9.97 Å². The molecule has 6 nitrogen and oxygen atoms in total. The molecule has 0 radical (unpaired) electrons. The Labute approximate surface area is 104 Å². The van der Waals surface area contributed by atoms with E-state index in [0.29, 0.717) is 17.5 Å². The molecular formula is C12H13N3O3. The van der Waals surface area contributed by atoms with Crippen LogP contribution >= 0.6 is 0 Å². The van der Waals surface area contributed by atoms with E-state index in [0.717, 1.165) is 5.56 Å². The molecule has 0 aliphatic rings. The third kappa shape index (κ3) is 2.86. The standard InChI is InChI=1S/C12H13N3O3/c1-17-10-6-11(15-12(13)14-10)18-9-4-2-8(7-16)3-5-9/h2-6,16H,7H2,1H3,(H2,13,14,15). The zero-order valence-corrected chi connectivity index (χ0v) is 9.83. The van der Waals surface area contributed by atoms with Crippen molar-refractivity contribution < 1.29 is 14.6 Å². The van der Waals surface area contributed by atoms with Gasteiger partial charge in [0.1, 0.15) is 5.75 Å². The van der Waals surface area contributed by atoms with Crippen LogP contribution in [0.1, 0.15) is 5.56 Å². The fourth-order valence-corrected chi connectivity index (χ4v) is 1.36. The van der Waals surface area contributed by atoms with E-state index in [1.165, 1.54) is 13.2 Å². The van der Waals surface area contributed by atoms with Crippen LogP contribution in [0.25, 0.3) is 0 Å². The normalized spacial score (nSPS) is 10.1. The Hall–Kier alpha value is -2.34. The van der Waals surface area contributed by atoms with Gasteiger partial charge in [-0.15, -0.1) is 0 Å². The van der Waals surface area contributed by atoms with E-state index in [-0.39, 0.29) is 12.6 Å². The second kappa shape index (κ2) is 5.33. The minimum Gasteiger partial charge on any atom is -0.481 e. The first-order chi connectivity index (χ1) is 8.71. The number of nitrogens with two attached hydrogens (primary N) is 1.